The van der Waals surface area contributed by atoms with E-state index in [2.05, 4.69) is 15.3 Å². The van der Waals surface area contributed by atoms with Gasteiger partial charge in [0.05, 0.1) is 6.61 Å². The molecule has 0 saturated carbocycles. The van der Waals surface area contributed by atoms with Crippen LogP contribution < -0.4 is 5.32 Å². The van der Waals surface area contributed by atoms with E-state index in [1.807, 2.05) is 37.3 Å². The predicted octanol–water partition coefficient (Wildman–Crippen LogP) is 2.54. The van der Waals surface area contributed by atoms with Crippen molar-refractivity contribution in [2.45, 2.75) is 20.1 Å². The van der Waals surface area contributed by atoms with Crippen molar-refractivity contribution in [1.82, 2.24) is 9.97 Å². The summed E-state index contributed by atoms with van der Waals surface area (Å²) in [5.41, 5.74) is 2.84. The highest BCUT2D eigenvalue weighted by Crippen LogP contribution is 2.11. The lowest BCUT2D eigenvalue weighted by atomic mass is 10.1. The number of hydrogen-bond acceptors (Lipinski definition) is 4. The van der Waals surface area contributed by atoms with Crippen molar-refractivity contribution < 1.29 is 5.11 Å². The Hall–Kier alpha value is -1.65. The molecule has 1 aromatic heterocycles. The summed E-state index contributed by atoms with van der Waals surface area (Å²) in [5, 5.41) is 12.4. The van der Waals surface area contributed by atoms with Crippen molar-refractivity contribution >= 4 is 17.4 Å². The van der Waals surface area contributed by atoms with Gasteiger partial charge < -0.3 is 10.4 Å². The minimum atomic E-state index is 0.0639. The Labute approximate surface area is 111 Å². The van der Waals surface area contributed by atoms with Crippen LogP contribution in [0.1, 0.15) is 16.8 Å². The van der Waals surface area contributed by atoms with E-state index in [0.29, 0.717) is 12.4 Å². The molecular formula is C13H14ClN3O. The second kappa shape index (κ2) is 5.80. The van der Waals surface area contributed by atoms with Crippen LogP contribution in [0.3, 0.4) is 0 Å². The number of aromatic nitrogens is 2. The van der Waals surface area contributed by atoms with Gasteiger partial charge in [-0.1, -0.05) is 24.3 Å². The van der Waals surface area contributed by atoms with Crippen LogP contribution in [0.5, 0.6) is 0 Å². The third kappa shape index (κ3) is 3.42. The molecule has 0 aliphatic rings. The van der Waals surface area contributed by atoms with Gasteiger partial charge in [0, 0.05) is 18.3 Å². The van der Waals surface area contributed by atoms with Crippen LogP contribution in [0.2, 0.25) is 5.28 Å². The molecule has 2 aromatic rings. The molecule has 5 heteroatoms. The first-order valence-electron chi connectivity index (χ1n) is 5.61. The van der Waals surface area contributed by atoms with Crippen LogP contribution in [0.25, 0.3) is 0 Å². The Bertz CT molecular complexity index is 508. The monoisotopic (exact) mass is 263 g/mol. The normalized spacial score (nSPS) is 10.4. The summed E-state index contributed by atoms with van der Waals surface area (Å²) in [6.45, 7) is 2.59. The zero-order chi connectivity index (χ0) is 13.0. The molecule has 1 aromatic carbocycles. The van der Waals surface area contributed by atoms with E-state index in [-0.39, 0.29) is 11.9 Å². The van der Waals surface area contributed by atoms with Crippen molar-refractivity contribution in [3.8, 4) is 0 Å². The maximum atomic E-state index is 8.95. The first-order valence-corrected chi connectivity index (χ1v) is 5.99. The van der Waals surface area contributed by atoms with E-state index in [9.17, 15) is 0 Å². The number of nitrogens with zero attached hydrogens (tertiary/aromatic N) is 2. The molecule has 2 rings (SSSR count). The molecule has 0 aliphatic carbocycles. The Kier molecular flexibility index (Phi) is 4.12. The van der Waals surface area contributed by atoms with Crippen LogP contribution >= 0.6 is 11.6 Å². The van der Waals surface area contributed by atoms with Crippen molar-refractivity contribution in [2.75, 3.05) is 5.32 Å². The van der Waals surface area contributed by atoms with Crippen molar-refractivity contribution in [2.24, 2.45) is 0 Å². The summed E-state index contributed by atoms with van der Waals surface area (Å²) in [4.78, 5) is 8.08. The highest BCUT2D eigenvalue weighted by atomic mass is 35.5. The number of halogens is 1. The maximum absolute atomic E-state index is 8.95. The summed E-state index contributed by atoms with van der Waals surface area (Å²) >= 11 is 5.78. The number of nitrogens with one attached hydrogen (secondary N) is 1. The summed E-state index contributed by atoms with van der Waals surface area (Å²) in [6.07, 6.45) is 0. The van der Waals surface area contributed by atoms with Gasteiger partial charge in [-0.2, -0.15) is 0 Å². The molecule has 0 saturated heterocycles. The Morgan fingerprint density at radius 3 is 2.44 bits per heavy atom. The SMILES string of the molecule is Cc1cc(NCc2ccc(CO)cc2)nc(Cl)n1. The van der Waals surface area contributed by atoms with Gasteiger partial charge in [0.15, 0.2) is 0 Å². The van der Waals surface area contributed by atoms with Gasteiger partial charge in [0.1, 0.15) is 5.82 Å². The topological polar surface area (TPSA) is 58.0 Å². The van der Waals surface area contributed by atoms with Gasteiger partial charge in [-0.3, -0.25) is 0 Å². The molecule has 0 unspecified atom stereocenters. The van der Waals surface area contributed by atoms with Gasteiger partial charge in [0.25, 0.3) is 0 Å². The lowest BCUT2D eigenvalue weighted by molar-refractivity contribution is 0.282. The number of anilines is 1. The first kappa shape index (κ1) is 12.8. The molecule has 0 bridgehead atoms. The third-order valence-electron chi connectivity index (χ3n) is 2.51. The first-order chi connectivity index (χ1) is 8.67. The van der Waals surface area contributed by atoms with Crippen molar-refractivity contribution in [1.29, 1.82) is 0 Å². The van der Waals surface area contributed by atoms with E-state index in [4.69, 9.17) is 16.7 Å². The summed E-state index contributed by atoms with van der Waals surface area (Å²) < 4.78 is 0. The van der Waals surface area contributed by atoms with Gasteiger partial charge in [0.2, 0.25) is 5.28 Å². The quantitative estimate of drug-likeness (QED) is 0.833. The zero-order valence-corrected chi connectivity index (χ0v) is 10.8. The molecule has 1 heterocycles. The molecule has 94 valence electrons. The van der Waals surface area contributed by atoms with Crippen LogP contribution in [-0.4, -0.2) is 15.1 Å². The van der Waals surface area contributed by atoms with E-state index < -0.39 is 0 Å². The predicted molar refractivity (Wildman–Crippen MR) is 71.5 cm³/mol. The van der Waals surface area contributed by atoms with Crippen LogP contribution in [0.15, 0.2) is 30.3 Å². The van der Waals surface area contributed by atoms with Gasteiger partial charge in [-0.05, 0) is 29.7 Å². The fourth-order valence-electron chi connectivity index (χ4n) is 1.58. The molecule has 2 N–H and O–H groups in total. The van der Waals surface area contributed by atoms with Crippen LogP contribution in [0.4, 0.5) is 5.82 Å². The van der Waals surface area contributed by atoms with E-state index in [0.717, 1.165) is 16.8 Å². The number of benzene rings is 1. The Morgan fingerprint density at radius 2 is 1.83 bits per heavy atom. The van der Waals surface area contributed by atoms with E-state index in [1.54, 1.807) is 0 Å². The maximum Gasteiger partial charge on any atom is 0.224 e. The summed E-state index contributed by atoms with van der Waals surface area (Å²) in [5.74, 6) is 0.707. The molecule has 0 spiro atoms. The van der Waals surface area contributed by atoms with Crippen molar-refractivity contribution in [3.63, 3.8) is 0 Å². The highest BCUT2D eigenvalue weighted by molar-refractivity contribution is 6.28. The van der Waals surface area contributed by atoms with Crippen LogP contribution in [0, 0.1) is 6.92 Å². The number of aryl methyl sites for hydroxylation is 1. The van der Waals surface area contributed by atoms with Gasteiger partial charge in [-0.15, -0.1) is 0 Å². The molecule has 18 heavy (non-hydrogen) atoms. The Morgan fingerprint density at radius 1 is 1.17 bits per heavy atom. The van der Waals surface area contributed by atoms with Crippen molar-refractivity contribution in [3.05, 3.63) is 52.4 Å². The van der Waals surface area contributed by atoms with E-state index in [1.165, 1.54) is 0 Å². The largest absolute Gasteiger partial charge is 0.392 e. The number of hydrogen-bond donors (Lipinski definition) is 2. The lowest BCUT2D eigenvalue weighted by Crippen LogP contribution is -2.03. The smallest absolute Gasteiger partial charge is 0.224 e. The fourth-order valence-corrected chi connectivity index (χ4v) is 1.80. The highest BCUT2D eigenvalue weighted by Gasteiger charge is 2.00. The van der Waals surface area contributed by atoms with Gasteiger partial charge in [-0.25, -0.2) is 9.97 Å². The minimum Gasteiger partial charge on any atom is -0.392 e. The summed E-state index contributed by atoms with van der Waals surface area (Å²) in [7, 11) is 0. The molecule has 0 amide bonds. The summed E-state index contributed by atoms with van der Waals surface area (Å²) in [6, 6.07) is 9.57. The Balaban J connectivity index is 2.01. The zero-order valence-electron chi connectivity index (χ0n) is 10.0. The molecule has 0 radical (unpaired) electrons. The molecule has 0 atom stereocenters. The van der Waals surface area contributed by atoms with Crippen LogP contribution in [-0.2, 0) is 13.2 Å². The minimum absolute atomic E-state index is 0.0639. The lowest BCUT2D eigenvalue weighted by Gasteiger charge is -2.07. The standard InChI is InChI=1S/C13H14ClN3O/c1-9-6-12(17-13(14)16-9)15-7-10-2-4-11(8-18)5-3-10/h2-6,18H,7-8H2,1H3,(H,15,16,17). The fraction of sp³-hybridized carbons (Fsp3) is 0.231. The number of aliphatic hydroxyl groups excluding tert-OH is 1. The average molecular weight is 264 g/mol. The molecule has 4 nitrogen and oxygen atoms in total. The molecule has 0 fully saturated rings. The third-order valence-corrected chi connectivity index (χ3v) is 2.68. The average Bonchev–Trinajstić information content (AvgIpc) is 2.36. The number of aliphatic hydroxyl groups is 1. The van der Waals surface area contributed by atoms with Gasteiger partial charge >= 0.3 is 0 Å². The second-order valence-corrected chi connectivity index (χ2v) is 4.33. The second-order valence-electron chi connectivity index (χ2n) is 3.99. The van der Waals surface area contributed by atoms with E-state index >= 15 is 0 Å². The molecular weight excluding hydrogens is 250 g/mol. The molecule has 0 aliphatic heterocycles. The number of rotatable bonds is 4.